The van der Waals surface area contributed by atoms with Gasteiger partial charge < -0.3 is 9.47 Å². The standard InChI is InChI=1S/C18H11ClFNO4/c19-16-15(11-2-4-12(20)5-3-11)17(22)21(18(16)23)8-10-1-6-13-14(7-10)25-9-24-13/h1-7H,8-9H2. The topological polar surface area (TPSA) is 55.8 Å². The summed E-state index contributed by atoms with van der Waals surface area (Å²) < 4.78 is 23.6. The fraction of sp³-hybridized carbons (Fsp3) is 0.111. The number of hydrogen-bond donors (Lipinski definition) is 0. The van der Waals surface area contributed by atoms with Gasteiger partial charge in [-0.15, -0.1) is 0 Å². The van der Waals surface area contributed by atoms with Crippen LogP contribution in [0.15, 0.2) is 47.5 Å². The molecule has 5 nitrogen and oxygen atoms in total. The summed E-state index contributed by atoms with van der Waals surface area (Å²) in [4.78, 5) is 26.1. The Hall–Kier alpha value is -2.86. The summed E-state index contributed by atoms with van der Waals surface area (Å²) in [6, 6.07) is 10.4. The molecular weight excluding hydrogens is 349 g/mol. The van der Waals surface area contributed by atoms with Gasteiger partial charge >= 0.3 is 0 Å². The molecule has 0 unspecified atom stereocenters. The molecule has 2 aromatic rings. The Balaban J connectivity index is 1.61. The van der Waals surface area contributed by atoms with Crippen molar-refractivity contribution in [1.29, 1.82) is 0 Å². The van der Waals surface area contributed by atoms with E-state index >= 15 is 0 Å². The number of nitrogens with zero attached hydrogens (tertiary/aromatic N) is 1. The highest BCUT2D eigenvalue weighted by Crippen LogP contribution is 2.35. The maximum absolute atomic E-state index is 13.1. The first-order valence-corrected chi connectivity index (χ1v) is 7.83. The van der Waals surface area contributed by atoms with Gasteiger partial charge in [0, 0.05) is 0 Å². The van der Waals surface area contributed by atoms with E-state index in [2.05, 4.69) is 0 Å². The molecule has 0 bridgehead atoms. The molecule has 0 aliphatic carbocycles. The predicted octanol–water partition coefficient (Wildman–Crippen LogP) is 3.07. The molecule has 2 amide bonds. The summed E-state index contributed by atoms with van der Waals surface area (Å²) in [5.41, 5.74) is 1.18. The van der Waals surface area contributed by atoms with Gasteiger partial charge in [-0.25, -0.2) is 4.39 Å². The monoisotopic (exact) mass is 359 g/mol. The minimum Gasteiger partial charge on any atom is -0.454 e. The Morgan fingerprint density at radius 2 is 1.72 bits per heavy atom. The van der Waals surface area contributed by atoms with Crippen LogP contribution >= 0.6 is 11.6 Å². The van der Waals surface area contributed by atoms with Crippen LogP contribution in [0.2, 0.25) is 0 Å². The fourth-order valence-corrected chi connectivity index (χ4v) is 3.07. The molecule has 126 valence electrons. The quantitative estimate of drug-likeness (QED) is 0.790. The second-order valence-electron chi connectivity index (χ2n) is 5.58. The van der Waals surface area contributed by atoms with Crippen molar-refractivity contribution in [2.75, 3.05) is 6.79 Å². The number of rotatable bonds is 3. The van der Waals surface area contributed by atoms with Crippen LogP contribution in [0.25, 0.3) is 5.57 Å². The number of benzene rings is 2. The minimum absolute atomic E-state index is 0.0508. The molecule has 4 rings (SSSR count). The predicted molar refractivity (Wildman–Crippen MR) is 87.3 cm³/mol. The highest BCUT2D eigenvalue weighted by molar-refractivity contribution is 6.55. The Kier molecular flexibility index (Phi) is 3.69. The Bertz CT molecular complexity index is 923. The van der Waals surface area contributed by atoms with E-state index in [1.54, 1.807) is 18.2 Å². The van der Waals surface area contributed by atoms with Crippen LogP contribution in [0.1, 0.15) is 11.1 Å². The number of ether oxygens (including phenoxy) is 2. The molecule has 25 heavy (non-hydrogen) atoms. The van der Waals surface area contributed by atoms with E-state index in [0.29, 0.717) is 22.6 Å². The lowest BCUT2D eigenvalue weighted by Crippen LogP contribution is -2.30. The Morgan fingerprint density at radius 3 is 2.48 bits per heavy atom. The van der Waals surface area contributed by atoms with Gasteiger partial charge in [-0.05, 0) is 35.4 Å². The van der Waals surface area contributed by atoms with E-state index in [4.69, 9.17) is 21.1 Å². The molecule has 0 radical (unpaired) electrons. The summed E-state index contributed by atoms with van der Waals surface area (Å²) in [7, 11) is 0. The summed E-state index contributed by atoms with van der Waals surface area (Å²) >= 11 is 6.08. The second-order valence-corrected chi connectivity index (χ2v) is 5.96. The van der Waals surface area contributed by atoms with Crippen LogP contribution in [0.4, 0.5) is 4.39 Å². The van der Waals surface area contributed by atoms with Crippen LogP contribution < -0.4 is 9.47 Å². The lowest BCUT2D eigenvalue weighted by Gasteiger charge is -2.15. The van der Waals surface area contributed by atoms with Crippen molar-refractivity contribution in [3.8, 4) is 11.5 Å². The highest BCUT2D eigenvalue weighted by Gasteiger charge is 2.38. The number of amides is 2. The van der Waals surface area contributed by atoms with Gasteiger partial charge in [0.1, 0.15) is 10.8 Å². The molecule has 2 heterocycles. The highest BCUT2D eigenvalue weighted by atomic mass is 35.5. The van der Waals surface area contributed by atoms with Gasteiger partial charge in [0.25, 0.3) is 11.8 Å². The summed E-state index contributed by atoms with van der Waals surface area (Å²) in [6.07, 6.45) is 0. The molecule has 7 heteroatoms. The maximum Gasteiger partial charge on any atom is 0.273 e. The second kappa shape index (κ2) is 5.89. The average Bonchev–Trinajstić information content (AvgIpc) is 3.15. The first-order chi connectivity index (χ1) is 12.0. The molecule has 0 N–H and O–H groups in total. The zero-order valence-electron chi connectivity index (χ0n) is 12.8. The van der Waals surface area contributed by atoms with Gasteiger partial charge in [0.15, 0.2) is 11.5 Å². The normalized spacial score (nSPS) is 16.2. The van der Waals surface area contributed by atoms with Crippen LogP contribution in [-0.4, -0.2) is 23.5 Å². The molecule has 0 spiro atoms. The van der Waals surface area contributed by atoms with Gasteiger partial charge in [-0.3, -0.25) is 14.5 Å². The fourth-order valence-electron chi connectivity index (χ4n) is 2.78. The van der Waals surface area contributed by atoms with Gasteiger partial charge in [0.2, 0.25) is 6.79 Å². The number of hydrogen-bond acceptors (Lipinski definition) is 4. The van der Waals surface area contributed by atoms with Crippen molar-refractivity contribution in [2.24, 2.45) is 0 Å². The summed E-state index contributed by atoms with van der Waals surface area (Å²) in [6.45, 7) is 0.192. The molecular formula is C18H11ClFNO4. The van der Waals surface area contributed by atoms with E-state index < -0.39 is 17.6 Å². The van der Waals surface area contributed by atoms with Gasteiger partial charge in [-0.1, -0.05) is 29.8 Å². The molecule has 0 saturated carbocycles. The summed E-state index contributed by atoms with van der Waals surface area (Å²) in [5.74, 6) is -0.349. The first-order valence-electron chi connectivity index (χ1n) is 7.45. The van der Waals surface area contributed by atoms with E-state index in [-0.39, 0.29) is 23.9 Å². The lowest BCUT2D eigenvalue weighted by molar-refractivity contribution is -0.137. The number of imide groups is 1. The van der Waals surface area contributed by atoms with Gasteiger partial charge in [-0.2, -0.15) is 0 Å². The maximum atomic E-state index is 13.1. The Morgan fingerprint density at radius 1 is 1.00 bits per heavy atom. The van der Waals surface area contributed by atoms with Crippen molar-refractivity contribution >= 4 is 29.0 Å². The number of fused-ring (bicyclic) bond motifs is 1. The zero-order chi connectivity index (χ0) is 17.6. The van der Waals surface area contributed by atoms with Crippen molar-refractivity contribution in [2.45, 2.75) is 6.54 Å². The molecule has 0 fully saturated rings. The molecule has 0 atom stereocenters. The minimum atomic E-state index is -0.580. The number of carbonyl (C=O) groups is 2. The van der Waals surface area contributed by atoms with E-state index in [1.807, 2.05) is 0 Å². The molecule has 0 aromatic heterocycles. The average molecular weight is 360 g/mol. The summed E-state index contributed by atoms with van der Waals surface area (Å²) in [5, 5.41) is -0.169. The molecule has 0 saturated heterocycles. The molecule has 2 aliphatic heterocycles. The number of carbonyl (C=O) groups excluding carboxylic acids is 2. The van der Waals surface area contributed by atoms with E-state index in [9.17, 15) is 14.0 Å². The van der Waals surface area contributed by atoms with Crippen molar-refractivity contribution in [3.63, 3.8) is 0 Å². The van der Waals surface area contributed by atoms with Crippen molar-refractivity contribution in [3.05, 3.63) is 64.4 Å². The zero-order valence-corrected chi connectivity index (χ0v) is 13.5. The SMILES string of the molecule is O=C1C(Cl)=C(c2ccc(F)cc2)C(=O)N1Cc1ccc2c(c1)OCO2. The largest absolute Gasteiger partial charge is 0.454 e. The van der Waals surface area contributed by atoms with E-state index in [0.717, 1.165) is 4.90 Å². The lowest BCUT2D eigenvalue weighted by atomic mass is 10.1. The smallest absolute Gasteiger partial charge is 0.273 e. The van der Waals surface area contributed by atoms with Crippen LogP contribution in [0.5, 0.6) is 11.5 Å². The number of halogens is 2. The third-order valence-electron chi connectivity index (χ3n) is 4.02. The molecule has 2 aromatic carbocycles. The van der Waals surface area contributed by atoms with E-state index in [1.165, 1.54) is 24.3 Å². The Labute approximate surface area is 147 Å². The molecule has 2 aliphatic rings. The first kappa shape index (κ1) is 15.7. The van der Waals surface area contributed by atoms with Crippen molar-refractivity contribution < 1.29 is 23.5 Å². The van der Waals surface area contributed by atoms with Crippen LogP contribution in [0.3, 0.4) is 0 Å². The van der Waals surface area contributed by atoms with Crippen molar-refractivity contribution in [1.82, 2.24) is 4.90 Å². The van der Waals surface area contributed by atoms with Gasteiger partial charge in [0.05, 0.1) is 12.1 Å². The third-order valence-corrected chi connectivity index (χ3v) is 4.37. The van der Waals surface area contributed by atoms with Crippen LogP contribution in [0, 0.1) is 5.82 Å². The van der Waals surface area contributed by atoms with Crippen LogP contribution in [-0.2, 0) is 16.1 Å². The third kappa shape index (κ3) is 2.64.